The molecule has 7 heteroatoms. The van der Waals surface area contributed by atoms with E-state index in [-0.39, 0.29) is 17.2 Å². The van der Waals surface area contributed by atoms with Crippen molar-refractivity contribution in [1.82, 2.24) is 9.88 Å². The van der Waals surface area contributed by atoms with Crippen LogP contribution in [0.5, 0.6) is 0 Å². The minimum absolute atomic E-state index is 0.191. The second-order valence-electron chi connectivity index (χ2n) is 3.57. The van der Waals surface area contributed by atoms with Crippen molar-refractivity contribution in [1.29, 1.82) is 0 Å². The van der Waals surface area contributed by atoms with E-state index in [1.165, 1.54) is 12.3 Å². The van der Waals surface area contributed by atoms with E-state index in [2.05, 4.69) is 4.98 Å². The number of nitro groups is 1. The molecule has 0 saturated carbocycles. The SMILES string of the molecule is CCN(CCOC)C(=O)c1cncc([N+](=O)[O-])c1. The maximum absolute atomic E-state index is 12.1. The highest BCUT2D eigenvalue weighted by atomic mass is 16.6. The van der Waals surface area contributed by atoms with E-state index in [1.54, 1.807) is 12.0 Å². The van der Waals surface area contributed by atoms with Gasteiger partial charge in [0, 0.05) is 32.5 Å². The Morgan fingerprint density at radius 3 is 2.83 bits per heavy atom. The fourth-order valence-electron chi connectivity index (χ4n) is 1.43. The number of amides is 1. The van der Waals surface area contributed by atoms with E-state index in [4.69, 9.17) is 4.74 Å². The number of aromatic nitrogens is 1. The highest BCUT2D eigenvalue weighted by Gasteiger charge is 2.17. The van der Waals surface area contributed by atoms with Crippen LogP contribution in [0.4, 0.5) is 5.69 Å². The Hall–Kier alpha value is -2.02. The van der Waals surface area contributed by atoms with Crippen LogP contribution in [0.15, 0.2) is 18.5 Å². The van der Waals surface area contributed by atoms with Crippen LogP contribution >= 0.6 is 0 Å². The van der Waals surface area contributed by atoms with Crippen LogP contribution in [0, 0.1) is 10.1 Å². The molecule has 0 aromatic carbocycles. The van der Waals surface area contributed by atoms with Gasteiger partial charge in [-0.2, -0.15) is 0 Å². The lowest BCUT2D eigenvalue weighted by Crippen LogP contribution is -2.33. The number of carbonyl (C=O) groups is 1. The molecule has 98 valence electrons. The van der Waals surface area contributed by atoms with Crippen LogP contribution < -0.4 is 0 Å². The maximum Gasteiger partial charge on any atom is 0.288 e. The molecule has 1 aromatic heterocycles. The molecule has 0 bridgehead atoms. The standard InChI is InChI=1S/C11H15N3O4/c1-3-13(4-5-18-2)11(15)9-6-10(14(16)17)8-12-7-9/h6-8H,3-5H2,1-2H3. The Morgan fingerprint density at radius 1 is 1.56 bits per heavy atom. The average molecular weight is 253 g/mol. The number of methoxy groups -OCH3 is 1. The molecule has 0 aliphatic heterocycles. The predicted molar refractivity (Wildman–Crippen MR) is 64.3 cm³/mol. The molecule has 1 aromatic rings. The summed E-state index contributed by atoms with van der Waals surface area (Å²) in [5.41, 5.74) is 0.0193. The van der Waals surface area contributed by atoms with Crippen molar-refractivity contribution in [2.24, 2.45) is 0 Å². The lowest BCUT2D eigenvalue weighted by molar-refractivity contribution is -0.385. The van der Waals surface area contributed by atoms with Crippen molar-refractivity contribution >= 4 is 11.6 Å². The van der Waals surface area contributed by atoms with Gasteiger partial charge in [0.2, 0.25) is 0 Å². The second-order valence-corrected chi connectivity index (χ2v) is 3.57. The van der Waals surface area contributed by atoms with E-state index in [0.717, 1.165) is 6.20 Å². The van der Waals surface area contributed by atoms with Gasteiger partial charge in [0.05, 0.1) is 17.1 Å². The minimum atomic E-state index is -0.574. The van der Waals surface area contributed by atoms with Crippen LogP contribution in [-0.2, 0) is 4.74 Å². The molecule has 1 amide bonds. The molecular weight excluding hydrogens is 238 g/mol. The first-order valence-corrected chi connectivity index (χ1v) is 5.47. The van der Waals surface area contributed by atoms with E-state index >= 15 is 0 Å². The van der Waals surface area contributed by atoms with E-state index in [1.807, 2.05) is 6.92 Å². The summed E-state index contributed by atoms with van der Waals surface area (Å²) in [7, 11) is 1.55. The molecule has 0 aliphatic carbocycles. The number of carbonyl (C=O) groups excluding carboxylic acids is 1. The fraction of sp³-hybridized carbons (Fsp3) is 0.455. The summed E-state index contributed by atoms with van der Waals surface area (Å²) in [6.07, 6.45) is 2.44. The van der Waals surface area contributed by atoms with Crippen LogP contribution in [0.1, 0.15) is 17.3 Å². The fourth-order valence-corrected chi connectivity index (χ4v) is 1.43. The first-order valence-electron chi connectivity index (χ1n) is 5.47. The zero-order chi connectivity index (χ0) is 13.5. The molecular formula is C11H15N3O4. The molecule has 0 saturated heterocycles. The monoisotopic (exact) mass is 253 g/mol. The van der Waals surface area contributed by atoms with Gasteiger partial charge in [-0.3, -0.25) is 19.9 Å². The van der Waals surface area contributed by atoms with Gasteiger partial charge in [0.1, 0.15) is 6.20 Å². The number of likely N-dealkylation sites (N-methyl/N-ethyl adjacent to an activating group) is 1. The van der Waals surface area contributed by atoms with Gasteiger partial charge in [-0.25, -0.2) is 0 Å². The van der Waals surface area contributed by atoms with Crippen molar-refractivity contribution in [3.63, 3.8) is 0 Å². The third-order valence-electron chi connectivity index (χ3n) is 2.42. The number of rotatable bonds is 6. The van der Waals surface area contributed by atoms with Crippen LogP contribution in [0.2, 0.25) is 0 Å². The van der Waals surface area contributed by atoms with Crippen LogP contribution in [0.3, 0.4) is 0 Å². The average Bonchev–Trinajstić information content (AvgIpc) is 2.39. The molecule has 0 unspecified atom stereocenters. The van der Waals surface area contributed by atoms with Crippen LogP contribution in [0.25, 0.3) is 0 Å². The first kappa shape index (κ1) is 14.0. The van der Waals surface area contributed by atoms with Gasteiger partial charge >= 0.3 is 0 Å². The van der Waals surface area contributed by atoms with E-state index in [0.29, 0.717) is 19.7 Å². The van der Waals surface area contributed by atoms with Crippen molar-refractivity contribution in [3.05, 3.63) is 34.1 Å². The lowest BCUT2D eigenvalue weighted by atomic mass is 10.2. The van der Waals surface area contributed by atoms with E-state index in [9.17, 15) is 14.9 Å². The molecule has 0 spiro atoms. The molecule has 1 rings (SSSR count). The third kappa shape index (κ3) is 3.49. The Bertz CT molecular complexity index is 436. The summed E-state index contributed by atoms with van der Waals surface area (Å²) in [6.45, 7) is 3.19. The molecule has 18 heavy (non-hydrogen) atoms. The van der Waals surface area contributed by atoms with Crippen molar-refractivity contribution < 1.29 is 14.5 Å². The summed E-state index contributed by atoms with van der Waals surface area (Å²) in [6, 6.07) is 1.23. The van der Waals surface area contributed by atoms with Crippen molar-refractivity contribution in [2.45, 2.75) is 6.92 Å². The van der Waals surface area contributed by atoms with Gasteiger partial charge in [0.15, 0.2) is 0 Å². The molecule has 0 fully saturated rings. The Morgan fingerprint density at radius 2 is 2.28 bits per heavy atom. The normalized spacial score (nSPS) is 10.1. The highest BCUT2D eigenvalue weighted by molar-refractivity contribution is 5.94. The number of hydrogen-bond donors (Lipinski definition) is 0. The van der Waals surface area contributed by atoms with Gasteiger partial charge < -0.3 is 9.64 Å². The summed E-state index contributed by atoms with van der Waals surface area (Å²) in [5, 5.41) is 10.6. The quantitative estimate of drug-likeness (QED) is 0.559. The van der Waals surface area contributed by atoms with Gasteiger partial charge in [-0.05, 0) is 6.92 Å². The number of nitrogens with zero attached hydrogens (tertiary/aromatic N) is 3. The zero-order valence-corrected chi connectivity index (χ0v) is 10.3. The lowest BCUT2D eigenvalue weighted by Gasteiger charge is -2.20. The molecule has 7 nitrogen and oxygen atoms in total. The van der Waals surface area contributed by atoms with E-state index < -0.39 is 4.92 Å². The predicted octanol–water partition coefficient (Wildman–Crippen LogP) is 1.10. The molecule has 0 N–H and O–H groups in total. The van der Waals surface area contributed by atoms with Gasteiger partial charge in [-0.15, -0.1) is 0 Å². The Balaban J connectivity index is 2.87. The molecule has 0 radical (unpaired) electrons. The number of ether oxygens (including phenoxy) is 1. The maximum atomic E-state index is 12.1. The minimum Gasteiger partial charge on any atom is -0.383 e. The van der Waals surface area contributed by atoms with Crippen molar-refractivity contribution in [2.75, 3.05) is 26.8 Å². The third-order valence-corrected chi connectivity index (χ3v) is 2.42. The van der Waals surface area contributed by atoms with Crippen LogP contribution in [-0.4, -0.2) is 47.5 Å². The topological polar surface area (TPSA) is 85.6 Å². The first-order chi connectivity index (χ1) is 8.60. The Labute approximate surface area is 105 Å². The number of hydrogen-bond acceptors (Lipinski definition) is 5. The largest absolute Gasteiger partial charge is 0.383 e. The summed E-state index contributed by atoms with van der Waals surface area (Å²) in [5.74, 6) is -0.286. The molecule has 0 atom stereocenters. The summed E-state index contributed by atoms with van der Waals surface area (Å²) >= 11 is 0. The summed E-state index contributed by atoms with van der Waals surface area (Å²) in [4.78, 5) is 27.3. The summed E-state index contributed by atoms with van der Waals surface area (Å²) < 4.78 is 4.90. The van der Waals surface area contributed by atoms with Gasteiger partial charge in [-0.1, -0.05) is 0 Å². The smallest absolute Gasteiger partial charge is 0.288 e. The molecule has 0 aliphatic rings. The van der Waals surface area contributed by atoms with Gasteiger partial charge in [0.25, 0.3) is 11.6 Å². The second kappa shape index (κ2) is 6.65. The van der Waals surface area contributed by atoms with Crippen molar-refractivity contribution in [3.8, 4) is 0 Å². The molecule has 1 heterocycles. The number of pyridine rings is 1. The zero-order valence-electron chi connectivity index (χ0n) is 10.3. The Kier molecular flexibility index (Phi) is 5.19. The highest BCUT2D eigenvalue weighted by Crippen LogP contribution is 2.12.